The molecule has 20 heavy (non-hydrogen) atoms. The number of methoxy groups -OCH3 is 1. The zero-order chi connectivity index (χ0) is 14.9. The molecule has 2 N–H and O–H groups in total. The number of ether oxygens (including phenoxy) is 1. The van der Waals surface area contributed by atoms with Gasteiger partial charge >= 0.3 is 0 Å². The van der Waals surface area contributed by atoms with Crippen LogP contribution in [0.15, 0.2) is 18.2 Å². The molecule has 1 aromatic carbocycles. The number of nitrogens with zero attached hydrogens (tertiary/aromatic N) is 2. The number of carbonyl (C=O) groups excluding carboxylic acids is 1. The molecule has 1 aliphatic heterocycles. The predicted octanol–water partition coefficient (Wildman–Crippen LogP) is 1.30. The monoisotopic (exact) mass is 277 g/mol. The van der Waals surface area contributed by atoms with Crippen molar-refractivity contribution in [3.63, 3.8) is 0 Å². The van der Waals surface area contributed by atoms with E-state index < -0.39 is 0 Å². The summed E-state index contributed by atoms with van der Waals surface area (Å²) in [7, 11) is 5.69. The first-order valence-corrected chi connectivity index (χ1v) is 6.83. The van der Waals surface area contributed by atoms with E-state index in [0.29, 0.717) is 29.0 Å². The van der Waals surface area contributed by atoms with E-state index in [2.05, 4.69) is 25.9 Å². The molecule has 1 fully saturated rings. The summed E-state index contributed by atoms with van der Waals surface area (Å²) in [6, 6.07) is 5.60. The number of likely N-dealkylation sites (tertiary alicyclic amines) is 1. The Morgan fingerprint density at radius 1 is 1.40 bits per heavy atom. The van der Waals surface area contributed by atoms with E-state index in [9.17, 15) is 4.79 Å². The van der Waals surface area contributed by atoms with Gasteiger partial charge in [0, 0.05) is 30.9 Å². The first kappa shape index (κ1) is 14.7. The molecule has 0 bridgehead atoms. The summed E-state index contributed by atoms with van der Waals surface area (Å²) in [4.78, 5) is 16.6. The van der Waals surface area contributed by atoms with Crippen LogP contribution in [-0.4, -0.2) is 56.0 Å². The normalized spacial score (nSPS) is 22.4. The van der Waals surface area contributed by atoms with Crippen LogP contribution in [0.25, 0.3) is 0 Å². The minimum atomic E-state index is 0.00125. The lowest BCUT2D eigenvalue weighted by Gasteiger charge is -2.22. The van der Waals surface area contributed by atoms with Gasteiger partial charge in [0.2, 0.25) is 0 Å². The van der Waals surface area contributed by atoms with Gasteiger partial charge in [0.15, 0.2) is 0 Å². The lowest BCUT2D eigenvalue weighted by molar-refractivity contribution is 0.0782. The maximum absolute atomic E-state index is 12.6. The van der Waals surface area contributed by atoms with Gasteiger partial charge in [-0.15, -0.1) is 0 Å². The molecular weight excluding hydrogens is 254 g/mol. The second kappa shape index (κ2) is 5.71. The minimum absolute atomic E-state index is 0.00125. The van der Waals surface area contributed by atoms with Crippen LogP contribution in [0.5, 0.6) is 5.75 Å². The third kappa shape index (κ3) is 2.72. The predicted molar refractivity (Wildman–Crippen MR) is 79.9 cm³/mol. The highest BCUT2D eigenvalue weighted by molar-refractivity contribution is 5.99. The Bertz CT molecular complexity index is 502. The maximum Gasteiger partial charge on any atom is 0.256 e. The Morgan fingerprint density at radius 2 is 2.10 bits per heavy atom. The van der Waals surface area contributed by atoms with Gasteiger partial charge in [-0.3, -0.25) is 4.79 Å². The quantitative estimate of drug-likeness (QED) is 0.846. The molecule has 5 heteroatoms. The average molecular weight is 277 g/mol. The number of carbonyl (C=O) groups is 1. The highest BCUT2D eigenvalue weighted by Gasteiger charge is 2.34. The molecule has 0 aliphatic carbocycles. The van der Waals surface area contributed by atoms with Crippen molar-refractivity contribution in [2.45, 2.75) is 13.0 Å². The van der Waals surface area contributed by atoms with Crippen molar-refractivity contribution in [2.24, 2.45) is 5.92 Å². The van der Waals surface area contributed by atoms with E-state index in [-0.39, 0.29) is 5.91 Å². The number of nitrogen functional groups attached to an aromatic ring is 1. The van der Waals surface area contributed by atoms with Gasteiger partial charge in [-0.1, -0.05) is 6.92 Å². The van der Waals surface area contributed by atoms with E-state index in [1.165, 1.54) is 0 Å². The number of rotatable bonds is 3. The van der Waals surface area contributed by atoms with Gasteiger partial charge in [0.05, 0.1) is 12.7 Å². The highest BCUT2D eigenvalue weighted by atomic mass is 16.5. The standard InChI is InChI=1S/C15H23N3O2/c1-10-8-18(9-14(10)17(2)3)15(19)12-6-5-11(20-4)7-13(12)16/h5-7,10,14H,8-9,16H2,1-4H3. The third-order valence-corrected chi connectivity index (χ3v) is 4.01. The Balaban J connectivity index is 2.16. The molecular formula is C15H23N3O2. The van der Waals surface area contributed by atoms with Crippen LogP contribution >= 0.6 is 0 Å². The van der Waals surface area contributed by atoms with Crippen LogP contribution in [0.2, 0.25) is 0 Å². The fourth-order valence-corrected chi connectivity index (χ4v) is 2.82. The molecule has 2 rings (SSSR count). The molecule has 1 aromatic rings. The van der Waals surface area contributed by atoms with E-state index >= 15 is 0 Å². The van der Waals surface area contributed by atoms with Gasteiger partial charge < -0.3 is 20.3 Å². The summed E-state index contributed by atoms with van der Waals surface area (Å²) in [6.07, 6.45) is 0. The molecule has 0 radical (unpaired) electrons. The van der Waals surface area contributed by atoms with Crippen molar-refractivity contribution in [1.29, 1.82) is 0 Å². The molecule has 0 spiro atoms. The molecule has 0 aromatic heterocycles. The van der Waals surface area contributed by atoms with Crippen LogP contribution in [0.3, 0.4) is 0 Å². The minimum Gasteiger partial charge on any atom is -0.497 e. The Hall–Kier alpha value is -1.75. The van der Waals surface area contributed by atoms with Gasteiger partial charge in [-0.25, -0.2) is 0 Å². The van der Waals surface area contributed by atoms with E-state index in [1.54, 1.807) is 25.3 Å². The number of nitrogens with two attached hydrogens (primary N) is 1. The molecule has 1 heterocycles. The summed E-state index contributed by atoms with van der Waals surface area (Å²) in [6.45, 7) is 3.70. The van der Waals surface area contributed by atoms with Crippen LogP contribution in [0.1, 0.15) is 17.3 Å². The topological polar surface area (TPSA) is 58.8 Å². The summed E-state index contributed by atoms with van der Waals surface area (Å²) >= 11 is 0. The molecule has 1 amide bonds. The highest BCUT2D eigenvalue weighted by Crippen LogP contribution is 2.25. The Labute approximate surface area is 120 Å². The van der Waals surface area contributed by atoms with E-state index in [0.717, 1.165) is 13.1 Å². The van der Waals surface area contributed by atoms with Crippen molar-refractivity contribution in [3.8, 4) is 5.75 Å². The second-order valence-corrected chi connectivity index (χ2v) is 5.67. The second-order valence-electron chi connectivity index (χ2n) is 5.67. The number of hydrogen-bond acceptors (Lipinski definition) is 4. The van der Waals surface area contributed by atoms with E-state index in [4.69, 9.17) is 10.5 Å². The van der Waals surface area contributed by atoms with Crippen LogP contribution in [-0.2, 0) is 0 Å². The van der Waals surface area contributed by atoms with E-state index in [1.807, 2.05) is 4.90 Å². The summed E-state index contributed by atoms with van der Waals surface area (Å²) in [5.41, 5.74) is 6.98. The fourth-order valence-electron chi connectivity index (χ4n) is 2.82. The Morgan fingerprint density at radius 3 is 2.60 bits per heavy atom. The Kier molecular flexibility index (Phi) is 4.18. The molecule has 5 nitrogen and oxygen atoms in total. The number of likely N-dealkylation sites (N-methyl/N-ethyl adjacent to an activating group) is 1. The number of hydrogen-bond donors (Lipinski definition) is 1. The molecule has 2 atom stereocenters. The van der Waals surface area contributed by atoms with Crippen molar-refractivity contribution in [1.82, 2.24) is 9.80 Å². The molecule has 0 saturated carbocycles. The first-order chi connectivity index (χ1) is 9.43. The smallest absolute Gasteiger partial charge is 0.256 e. The van der Waals surface area contributed by atoms with Gasteiger partial charge in [-0.05, 0) is 32.1 Å². The van der Waals surface area contributed by atoms with Gasteiger partial charge in [0.1, 0.15) is 5.75 Å². The van der Waals surface area contributed by atoms with Gasteiger partial charge in [0.25, 0.3) is 5.91 Å². The van der Waals surface area contributed by atoms with Crippen molar-refractivity contribution in [2.75, 3.05) is 40.0 Å². The lowest BCUT2D eigenvalue weighted by Crippen LogP contribution is -2.36. The molecule has 1 saturated heterocycles. The fraction of sp³-hybridized carbons (Fsp3) is 0.533. The van der Waals surface area contributed by atoms with Crippen LogP contribution < -0.4 is 10.5 Å². The SMILES string of the molecule is COc1ccc(C(=O)N2CC(C)C(N(C)C)C2)c(N)c1. The number of benzene rings is 1. The molecule has 110 valence electrons. The number of anilines is 1. The summed E-state index contributed by atoms with van der Waals surface area (Å²) in [5, 5.41) is 0. The van der Waals surface area contributed by atoms with Crippen molar-refractivity contribution in [3.05, 3.63) is 23.8 Å². The number of amides is 1. The maximum atomic E-state index is 12.6. The third-order valence-electron chi connectivity index (χ3n) is 4.01. The zero-order valence-corrected chi connectivity index (χ0v) is 12.6. The van der Waals surface area contributed by atoms with Crippen LogP contribution in [0.4, 0.5) is 5.69 Å². The molecule has 1 aliphatic rings. The summed E-state index contributed by atoms with van der Waals surface area (Å²) < 4.78 is 5.11. The lowest BCUT2D eigenvalue weighted by atomic mass is 10.1. The summed E-state index contributed by atoms with van der Waals surface area (Å²) in [5.74, 6) is 1.13. The molecule has 2 unspecified atom stereocenters. The van der Waals surface area contributed by atoms with Crippen molar-refractivity contribution >= 4 is 11.6 Å². The van der Waals surface area contributed by atoms with Crippen molar-refractivity contribution < 1.29 is 9.53 Å². The first-order valence-electron chi connectivity index (χ1n) is 6.83. The van der Waals surface area contributed by atoms with Crippen LogP contribution in [0, 0.1) is 5.92 Å². The largest absolute Gasteiger partial charge is 0.497 e. The average Bonchev–Trinajstić information content (AvgIpc) is 2.80. The van der Waals surface area contributed by atoms with Gasteiger partial charge in [-0.2, -0.15) is 0 Å². The zero-order valence-electron chi connectivity index (χ0n) is 12.6.